The van der Waals surface area contributed by atoms with E-state index in [9.17, 15) is 4.79 Å². The summed E-state index contributed by atoms with van der Waals surface area (Å²) in [5.41, 5.74) is 3.53. The van der Waals surface area contributed by atoms with Gasteiger partial charge in [-0.25, -0.2) is 9.97 Å². The van der Waals surface area contributed by atoms with Gasteiger partial charge >= 0.3 is 0 Å². The molecule has 0 aliphatic carbocycles. The summed E-state index contributed by atoms with van der Waals surface area (Å²) in [5.74, 6) is -0.162. The fraction of sp³-hybridized carbons (Fsp3) is 0.118. The van der Waals surface area contributed by atoms with Crippen LogP contribution in [0.1, 0.15) is 23.1 Å². The summed E-state index contributed by atoms with van der Waals surface area (Å²) in [6.45, 7) is 1.98. The molecule has 0 unspecified atom stereocenters. The lowest BCUT2D eigenvalue weighted by molar-refractivity contribution is 0.0957. The zero-order valence-electron chi connectivity index (χ0n) is 12.4. The lowest BCUT2D eigenvalue weighted by Gasteiger charge is -2.05. The number of hydrogen-bond acceptors (Lipinski definition) is 3. The molecule has 0 N–H and O–H groups in total. The van der Waals surface area contributed by atoms with Gasteiger partial charge in [0.15, 0.2) is 0 Å². The number of carbonyl (C=O) groups excluding carboxylic acids is 1. The first-order valence-electron chi connectivity index (χ1n) is 7.32. The van der Waals surface area contributed by atoms with Crippen molar-refractivity contribution in [3.05, 3.63) is 65.3 Å². The summed E-state index contributed by atoms with van der Waals surface area (Å²) >= 11 is 6.09. The van der Waals surface area contributed by atoms with Crippen LogP contribution >= 0.6 is 11.6 Å². The van der Waals surface area contributed by atoms with Crippen LogP contribution in [0.15, 0.2) is 48.9 Å². The molecule has 0 saturated carbocycles. The molecular formula is C17H13ClN4O. The van der Waals surface area contributed by atoms with E-state index in [1.54, 1.807) is 27.6 Å². The Hall–Kier alpha value is -2.66. The topological polar surface area (TPSA) is 52.2 Å². The second-order valence-corrected chi connectivity index (χ2v) is 5.68. The second kappa shape index (κ2) is 5.21. The summed E-state index contributed by atoms with van der Waals surface area (Å²) in [6.07, 6.45) is 3.93. The number of hydrogen-bond donors (Lipinski definition) is 0. The van der Waals surface area contributed by atoms with Gasteiger partial charge in [0.25, 0.3) is 5.91 Å². The maximum absolute atomic E-state index is 13.1. The average Bonchev–Trinajstić information content (AvgIpc) is 3.15. The summed E-state index contributed by atoms with van der Waals surface area (Å²) in [6, 6.07) is 11.1. The van der Waals surface area contributed by atoms with Crippen molar-refractivity contribution in [1.82, 2.24) is 18.9 Å². The Balaban J connectivity index is 1.97. The predicted molar refractivity (Wildman–Crippen MR) is 89.0 cm³/mol. The largest absolute Gasteiger partial charge is 0.294 e. The Morgan fingerprint density at radius 1 is 1.22 bits per heavy atom. The highest BCUT2D eigenvalue weighted by Gasteiger charge is 2.21. The van der Waals surface area contributed by atoms with Gasteiger partial charge in [-0.2, -0.15) is 0 Å². The molecule has 0 saturated heterocycles. The average molecular weight is 325 g/mol. The smallest absolute Gasteiger partial charge is 0.282 e. The number of fused-ring (bicyclic) bond motifs is 2. The number of nitrogens with zero attached hydrogens (tertiary/aromatic N) is 4. The molecule has 0 radical (unpaired) electrons. The summed E-state index contributed by atoms with van der Waals surface area (Å²) in [7, 11) is 0. The lowest BCUT2D eigenvalue weighted by atomic mass is 10.2. The maximum Gasteiger partial charge on any atom is 0.282 e. The van der Waals surface area contributed by atoms with Crippen LogP contribution in [0, 0.1) is 0 Å². The van der Waals surface area contributed by atoms with E-state index in [4.69, 9.17) is 11.6 Å². The number of para-hydroxylation sites is 2. The Labute approximate surface area is 137 Å². The second-order valence-electron chi connectivity index (χ2n) is 5.24. The van der Waals surface area contributed by atoms with Gasteiger partial charge < -0.3 is 0 Å². The van der Waals surface area contributed by atoms with E-state index in [-0.39, 0.29) is 5.91 Å². The molecule has 6 heteroatoms. The molecule has 5 nitrogen and oxygen atoms in total. The van der Waals surface area contributed by atoms with Gasteiger partial charge in [-0.3, -0.25) is 13.8 Å². The van der Waals surface area contributed by atoms with Gasteiger partial charge in [0.1, 0.15) is 17.7 Å². The maximum atomic E-state index is 13.1. The fourth-order valence-corrected chi connectivity index (χ4v) is 2.94. The molecule has 0 atom stereocenters. The van der Waals surface area contributed by atoms with Gasteiger partial charge in [-0.15, -0.1) is 0 Å². The molecule has 4 rings (SSSR count). The molecule has 0 spiro atoms. The van der Waals surface area contributed by atoms with Crippen molar-refractivity contribution in [3.8, 4) is 0 Å². The standard InChI is InChI=1S/C17H13ClN4O/c1-2-12-16(21-9-11(18)7-8-15(21)20-12)17(23)22-10-19-13-5-3-4-6-14(13)22/h3-10H,2H2,1H3. The minimum Gasteiger partial charge on any atom is -0.294 e. The Bertz CT molecular complexity index is 1050. The van der Waals surface area contributed by atoms with Crippen molar-refractivity contribution in [2.24, 2.45) is 0 Å². The summed E-state index contributed by atoms with van der Waals surface area (Å²) in [5, 5.41) is 0.557. The van der Waals surface area contributed by atoms with Gasteiger partial charge in [0.05, 0.1) is 21.7 Å². The molecule has 23 heavy (non-hydrogen) atoms. The zero-order chi connectivity index (χ0) is 16.0. The van der Waals surface area contributed by atoms with Crippen molar-refractivity contribution in [2.75, 3.05) is 0 Å². The third-order valence-electron chi connectivity index (χ3n) is 3.86. The number of imidazole rings is 2. The van der Waals surface area contributed by atoms with Gasteiger partial charge in [-0.1, -0.05) is 30.7 Å². The monoisotopic (exact) mass is 324 g/mol. The first-order valence-corrected chi connectivity index (χ1v) is 7.70. The van der Waals surface area contributed by atoms with E-state index in [2.05, 4.69) is 9.97 Å². The molecule has 0 amide bonds. The van der Waals surface area contributed by atoms with Crippen molar-refractivity contribution >= 4 is 34.2 Å². The number of aromatic nitrogens is 4. The normalized spacial score (nSPS) is 11.4. The summed E-state index contributed by atoms with van der Waals surface area (Å²) < 4.78 is 3.30. The van der Waals surface area contributed by atoms with E-state index >= 15 is 0 Å². The molecule has 0 fully saturated rings. The third kappa shape index (κ3) is 2.12. The van der Waals surface area contributed by atoms with Crippen LogP contribution in [0.25, 0.3) is 16.7 Å². The van der Waals surface area contributed by atoms with Crippen LogP contribution in [-0.2, 0) is 6.42 Å². The molecule has 3 heterocycles. The highest BCUT2D eigenvalue weighted by molar-refractivity contribution is 6.30. The van der Waals surface area contributed by atoms with Crippen LogP contribution in [-0.4, -0.2) is 24.8 Å². The molecule has 0 aliphatic heterocycles. The molecule has 0 aliphatic rings. The van der Waals surface area contributed by atoms with E-state index in [0.717, 1.165) is 16.7 Å². The SMILES string of the molecule is CCc1nc2ccc(Cl)cn2c1C(=O)n1cnc2ccccc21. The molecular weight excluding hydrogens is 312 g/mol. The lowest BCUT2D eigenvalue weighted by Crippen LogP contribution is -2.15. The first-order chi connectivity index (χ1) is 11.2. The van der Waals surface area contributed by atoms with E-state index < -0.39 is 0 Å². The minimum atomic E-state index is -0.162. The quantitative estimate of drug-likeness (QED) is 0.566. The van der Waals surface area contributed by atoms with Gasteiger partial charge in [0, 0.05) is 6.20 Å². The van der Waals surface area contributed by atoms with Crippen LogP contribution in [0.2, 0.25) is 5.02 Å². The Kier molecular flexibility index (Phi) is 3.16. The van der Waals surface area contributed by atoms with Crippen molar-refractivity contribution in [3.63, 3.8) is 0 Å². The summed E-state index contributed by atoms with van der Waals surface area (Å²) in [4.78, 5) is 21.9. The molecule has 0 bridgehead atoms. The molecule has 4 aromatic rings. The fourth-order valence-electron chi connectivity index (χ4n) is 2.78. The van der Waals surface area contributed by atoms with Gasteiger partial charge in [0.2, 0.25) is 0 Å². The number of carbonyl (C=O) groups is 1. The number of aryl methyl sites for hydroxylation is 1. The number of benzene rings is 1. The van der Waals surface area contributed by atoms with E-state index in [1.807, 2.05) is 37.3 Å². The minimum absolute atomic E-state index is 0.162. The molecule has 1 aromatic carbocycles. The highest BCUT2D eigenvalue weighted by Crippen LogP contribution is 2.20. The predicted octanol–water partition coefficient (Wildman–Crippen LogP) is 3.59. The van der Waals surface area contributed by atoms with E-state index in [1.165, 1.54) is 0 Å². The van der Waals surface area contributed by atoms with Crippen LogP contribution in [0.4, 0.5) is 0 Å². The van der Waals surface area contributed by atoms with Crippen LogP contribution < -0.4 is 0 Å². The Morgan fingerprint density at radius 3 is 2.87 bits per heavy atom. The molecule has 114 valence electrons. The van der Waals surface area contributed by atoms with Crippen LogP contribution in [0.5, 0.6) is 0 Å². The van der Waals surface area contributed by atoms with Crippen molar-refractivity contribution in [2.45, 2.75) is 13.3 Å². The van der Waals surface area contributed by atoms with Gasteiger partial charge in [-0.05, 0) is 30.7 Å². The number of rotatable bonds is 2. The van der Waals surface area contributed by atoms with E-state index in [0.29, 0.717) is 22.8 Å². The van der Waals surface area contributed by atoms with Crippen molar-refractivity contribution in [1.29, 1.82) is 0 Å². The number of halogens is 1. The third-order valence-corrected chi connectivity index (χ3v) is 4.09. The highest BCUT2D eigenvalue weighted by atomic mass is 35.5. The zero-order valence-corrected chi connectivity index (χ0v) is 13.2. The first kappa shape index (κ1) is 14.0. The molecule has 3 aromatic heterocycles. The van der Waals surface area contributed by atoms with Crippen molar-refractivity contribution < 1.29 is 4.79 Å². The Morgan fingerprint density at radius 2 is 2.04 bits per heavy atom. The van der Waals surface area contributed by atoms with Crippen LogP contribution in [0.3, 0.4) is 0 Å². The number of pyridine rings is 1.